The highest BCUT2D eigenvalue weighted by Crippen LogP contribution is 2.18. The maximum absolute atomic E-state index is 5.29. The molecular weight excluding hydrogens is 240 g/mol. The molecule has 0 aromatic rings. The third-order valence-electron chi connectivity index (χ3n) is 3.65. The van der Waals surface area contributed by atoms with E-state index in [2.05, 4.69) is 27.6 Å². The number of ether oxygens (including phenoxy) is 1. The third-order valence-corrected chi connectivity index (χ3v) is 3.65. The Kier molecular flexibility index (Phi) is 8.58. The van der Waals surface area contributed by atoms with E-state index in [1.165, 1.54) is 32.4 Å². The predicted octanol–water partition coefficient (Wildman–Crippen LogP) is 0.920. The Balaban J connectivity index is 2.06. The lowest BCUT2D eigenvalue weighted by molar-refractivity contribution is 0.152. The van der Waals surface area contributed by atoms with Gasteiger partial charge in [0.15, 0.2) is 5.96 Å². The van der Waals surface area contributed by atoms with Gasteiger partial charge in [-0.3, -0.25) is 4.99 Å². The van der Waals surface area contributed by atoms with E-state index in [0.717, 1.165) is 38.2 Å². The number of piperidine rings is 1. The van der Waals surface area contributed by atoms with Gasteiger partial charge < -0.3 is 20.3 Å². The van der Waals surface area contributed by atoms with Crippen molar-refractivity contribution in [1.29, 1.82) is 0 Å². The van der Waals surface area contributed by atoms with E-state index >= 15 is 0 Å². The van der Waals surface area contributed by atoms with Gasteiger partial charge in [-0.1, -0.05) is 0 Å². The van der Waals surface area contributed by atoms with Crippen LogP contribution in [0.3, 0.4) is 0 Å². The van der Waals surface area contributed by atoms with Gasteiger partial charge in [-0.25, -0.2) is 0 Å². The van der Waals surface area contributed by atoms with Gasteiger partial charge in [0.2, 0.25) is 0 Å². The summed E-state index contributed by atoms with van der Waals surface area (Å²) in [6.45, 7) is 7.80. The number of likely N-dealkylation sites (tertiary alicyclic amines) is 1. The Hall–Kier alpha value is -0.810. The number of rotatable bonds is 7. The summed E-state index contributed by atoms with van der Waals surface area (Å²) in [5.74, 6) is 1.75. The third kappa shape index (κ3) is 7.38. The van der Waals surface area contributed by atoms with Crippen LogP contribution in [0.25, 0.3) is 0 Å². The molecule has 0 aromatic heterocycles. The molecule has 0 bridgehead atoms. The van der Waals surface area contributed by atoms with Crippen LogP contribution < -0.4 is 10.6 Å². The average molecular weight is 270 g/mol. The van der Waals surface area contributed by atoms with E-state index in [0.29, 0.717) is 0 Å². The van der Waals surface area contributed by atoms with E-state index in [1.807, 2.05) is 14.0 Å². The van der Waals surface area contributed by atoms with Crippen LogP contribution in [0, 0.1) is 5.92 Å². The van der Waals surface area contributed by atoms with E-state index in [1.54, 1.807) is 0 Å². The van der Waals surface area contributed by atoms with E-state index in [9.17, 15) is 0 Å². The van der Waals surface area contributed by atoms with Crippen molar-refractivity contribution < 1.29 is 4.74 Å². The molecule has 112 valence electrons. The molecule has 0 atom stereocenters. The van der Waals surface area contributed by atoms with Crippen molar-refractivity contribution in [3.8, 4) is 0 Å². The first-order chi connectivity index (χ1) is 9.26. The van der Waals surface area contributed by atoms with Gasteiger partial charge in [-0.2, -0.15) is 0 Å². The minimum Gasteiger partial charge on any atom is -0.380 e. The van der Waals surface area contributed by atoms with Crippen molar-refractivity contribution >= 4 is 5.96 Å². The summed E-state index contributed by atoms with van der Waals surface area (Å²) in [5, 5.41) is 6.63. The van der Waals surface area contributed by atoms with Crippen LogP contribution in [0.1, 0.15) is 26.2 Å². The normalized spacial score (nSPS) is 18.6. The Morgan fingerprint density at radius 3 is 2.58 bits per heavy atom. The number of nitrogens with one attached hydrogen (secondary N) is 2. The molecule has 19 heavy (non-hydrogen) atoms. The van der Waals surface area contributed by atoms with Crippen molar-refractivity contribution in [2.45, 2.75) is 26.2 Å². The molecule has 5 nitrogen and oxygen atoms in total. The molecule has 0 unspecified atom stereocenters. The molecule has 0 spiro atoms. The van der Waals surface area contributed by atoms with Gasteiger partial charge in [-0.05, 0) is 52.2 Å². The maximum Gasteiger partial charge on any atom is 0.191 e. The summed E-state index contributed by atoms with van der Waals surface area (Å²) < 4.78 is 5.29. The second-order valence-corrected chi connectivity index (χ2v) is 5.16. The fourth-order valence-corrected chi connectivity index (χ4v) is 2.35. The molecule has 1 aliphatic heterocycles. The van der Waals surface area contributed by atoms with Crippen LogP contribution >= 0.6 is 0 Å². The standard InChI is InChI=1S/C14H30N4O/c1-4-19-12-9-17-14(15-2)16-8-5-13-6-10-18(3)11-7-13/h13H,4-12H2,1-3H3,(H2,15,16,17). The zero-order valence-corrected chi connectivity index (χ0v) is 12.7. The smallest absolute Gasteiger partial charge is 0.191 e. The summed E-state index contributed by atoms with van der Waals surface area (Å²) in [4.78, 5) is 6.63. The lowest BCUT2D eigenvalue weighted by Gasteiger charge is -2.29. The summed E-state index contributed by atoms with van der Waals surface area (Å²) >= 11 is 0. The molecular formula is C14H30N4O. The average Bonchev–Trinajstić information content (AvgIpc) is 2.43. The molecule has 0 aliphatic carbocycles. The maximum atomic E-state index is 5.29. The van der Waals surface area contributed by atoms with E-state index < -0.39 is 0 Å². The quantitative estimate of drug-likeness (QED) is 0.410. The van der Waals surface area contributed by atoms with Crippen molar-refractivity contribution in [1.82, 2.24) is 15.5 Å². The number of aliphatic imine (C=N–C) groups is 1. The number of hydrogen-bond acceptors (Lipinski definition) is 3. The molecule has 0 aromatic carbocycles. The Bertz CT molecular complexity index is 250. The second-order valence-electron chi connectivity index (χ2n) is 5.16. The molecule has 1 rings (SSSR count). The number of nitrogens with zero attached hydrogens (tertiary/aromatic N) is 2. The van der Waals surface area contributed by atoms with Gasteiger partial charge in [0.05, 0.1) is 6.61 Å². The molecule has 0 amide bonds. The Morgan fingerprint density at radius 2 is 1.95 bits per heavy atom. The largest absolute Gasteiger partial charge is 0.380 e. The Morgan fingerprint density at radius 1 is 1.26 bits per heavy atom. The number of hydrogen-bond donors (Lipinski definition) is 2. The fourth-order valence-electron chi connectivity index (χ4n) is 2.35. The first-order valence-electron chi connectivity index (χ1n) is 7.47. The van der Waals surface area contributed by atoms with Crippen LogP contribution in [0.2, 0.25) is 0 Å². The minimum atomic E-state index is 0.728. The molecule has 1 aliphatic rings. The summed E-state index contributed by atoms with van der Waals surface area (Å²) in [6, 6.07) is 0. The fraction of sp³-hybridized carbons (Fsp3) is 0.929. The predicted molar refractivity (Wildman–Crippen MR) is 80.7 cm³/mol. The summed E-state index contributed by atoms with van der Waals surface area (Å²) in [6.07, 6.45) is 3.89. The molecule has 1 saturated heterocycles. The van der Waals surface area contributed by atoms with Gasteiger partial charge >= 0.3 is 0 Å². The van der Waals surface area contributed by atoms with Crippen molar-refractivity contribution in [2.24, 2.45) is 10.9 Å². The Labute approximate surface area is 117 Å². The number of guanidine groups is 1. The first-order valence-corrected chi connectivity index (χ1v) is 7.47. The van der Waals surface area contributed by atoms with Crippen LogP contribution in [0.15, 0.2) is 4.99 Å². The van der Waals surface area contributed by atoms with Gasteiger partial charge in [0.25, 0.3) is 0 Å². The van der Waals surface area contributed by atoms with Crippen molar-refractivity contribution in [3.63, 3.8) is 0 Å². The van der Waals surface area contributed by atoms with Gasteiger partial charge in [-0.15, -0.1) is 0 Å². The van der Waals surface area contributed by atoms with Crippen LogP contribution in [0.5, 0.6) is 0 Å². The summed E-state index contributed by atoms with van der Waals surface area (Å²) in [7, 11) is 4.02. The molecule has 1 heterocycles. The zero-order valence-electron chi connectivity index (χ0n) is 12.7. The molecule has 5 heteroatoms. The first kappa shape index (κ1) is 16.2. The van der Waals surface area contributed by atoms with Crippen LogP contribution in [-0.2, 0) is 4.74 Å². The highest BCUT2D eigenvalue weighted by Gasteiger charge is 2.15. The lowest BCUT2D eigenvalue weighted by atomic mass is 9.94. The SMILES string of the molecule is CCOCCNC(=NC)NCCC1CCN(C)CC1. The molecule has 2 N–H and O–H groups in total. The molecule has 0 saturated carbocycles. The highest BCUT2D eigenvalue weighted by molar-refractivity contribution is 5.79. The van der Waals surface area contributed by atoms with Crippen molar-refractivity contribution in [3.05, 3.63) is 0 Å². The van der Waals surface area contributed by atoms with Gasteiger partial charge in [0.1, 0.15) is 0 Å². The van der Waals surface area contributed by atoms with Crippen LogP contribution in [-0.4, -0.2) is 64.3 Å². The zero-order chi connectivity index (χ0) is 13.9. The summed E-state index contributed by atoms with van der Waals surface area (Å²) in [5.41, 5.74) is 0. The topological polar surface area (TPSA) is 48.9 Å². The van der Waals surface area contributed by atoms with Gasteiger partial charge in [0, 0.05) is 26.7 Å². The highest BCUT2D eigenvalue weighted by atomic mass is 16.5. The minimum absolute atomic E-state index is 0.728. The van der Waals surface area contributed by atoms with E-state index in [4.69, 9.17) is 4.74 Å². The van der Waals surface area contributed by atoms with Crippen LogP contribution in [0.4, 0.5) is 0 Å². The monoisotopic (exact) mass is 270 g/mol. The van der Waals surface area contributed by atoms with Crippen molar-refractivity contribution in [2.75, 3.05) is 53.5 Å². The lowest BCUT2D eigenvalue weighted by Crippen LogP contribution is -2.40. The molecule has 1 fully saturated rings. The van der Waals surface area contributed by atoms with E-state index in [-0.39, 0.29) is 0 Å². The second kappa shape index (κ2) is 10.0. The molecule has 0 radical (unpaired) electrons.